The van der Waals surface area contributed by atoms with E-state index in [9.17, 15) is 9.18 Å². The van der Waals surface area contributed by atoms with E-state index in [2.05, 4.69) is 11.5 Å². The highest BCUT2D eigenvalue weighted by molar-refractivity contribution is 5.87. The molecule has 2 aliphatic rings. The summed E-state index contributed by atoms with van der Waals surface area (Å²) in [4.78, 5) is 13.8. The monoisotopic (exact) mass is 339 g/mol. The van der Waals surface area contributed by atoms with Crippen molar-refractivity contribution in [1.29, 1.82) is 0 Å². The van der Waals surface area contributed by atoms with E-state index < -0.39 is 5.82 Å². The highest BCUT2D eigenvalue weighted by Crippen LogP contribution is 2.45. The van der Waals surface area contributed by atoms with Gasteiger partial charge in [0, 0.05) is 36.0 Å². The average molecular weight is 339 g/mol. The van der Waals surface area contributed by atoms with Gasteiger partial charge in [0.1, 0.15) is 5.75 Å². The number of hydrogen-bond acceptors (Lipinski definition) is 4. The zero-order valence-corrected chi connectivity index (χ0v) is 13.9. The summed E-state index contributed by atoms with van der Waals surface area (Å²) in [5, 5.41) is 0. The number of carbonyl (C=O) groups excluding carboxylic acids is 1. The lowest BCUT2D eigenvalue weighted by Gasteiger charge is -2.25. The molecule has 4 nitrogen and oxygen atoms in total. The maximum absolute atomic E-state index is 14.1. The van der Waals surface area contributed by atoms with Gasteiger partial charge in [0.2, 0.25) is 0 Å². The van der Waals surface area contributed by atoms with Crippen molar-refractivity contribution in [2.24, 2.45) is 5.92 Å². The van der Waals surface area contributed by atoms with E-state index in [1.807, 2.05) is 18.2 Å². The topological polar surface area (TPSA) is 38.8 Å². The van der Waals surface area contributed by atoms with Crippen LogP contribution in [0.5, 0.6) is 11.5 Å². The molecular weight excluding hydrogens is 321 g/mol. The highest BCUT2D eigenvalue weighted by Gasteiger charge is 2.30. The molecule has 0 radical (unpaired) electrons. The molecule has 1 fully saturated rings. The number of para-hydroxylation sites is 1. The van der Waals surface area contributed by atoms with Crippen molar-refractivity contribution in [3.63, 3.8) is 0 Å². The molecule has 0 aliphatic carbocycles. The molecule has 5 heteroatoms. The number of nitrogens with zero attached hydrogens (tertiary/aromatic N) is 1. The van der Waals surface area contributed by atoms with E-state index >= 15 is 0 Å². The molecule has 2 heterocycles. The normalized spacial score (nSPS) is 18.4. The van der Waals surface area contributed by atoms with Gasteiger partial charge in [-0.15, -0.1) is 0 Å². The fourth-order valence-electron chi connectivity index (χ4n) is 3.50. The Bertz CT molecular complexity index is 877. The third-order valence-electron chi connectivity index (χ3n) is 4.88. The average Bonchev–Trinajstić information content (AvgIpc) is 3.12. The lowest BCUT2D eigenvalue weighted by Crippen LogP contribution is -2.23. The number of ether oxygens (including phenoxy) is 2. The summed E-state index contributed by atoms with van der Waals surface area (Å²) in [5.74, 6) is 0.102. The number of carbonyl (C=O) groups is 1. The second-order valence-electron chi connectivity index (χ2n) is 6.33. The van der Waals surface area contributed by atoms with E-state index in [0.29, 0.717) is 17.9 Å². The number of anilines is 1. The van der Waals surface area contributed by atoms with Crippen LogP contribution in [0, 0.1) is 11.7 Å². The molecule has 0 N–H and O–H groups in total. The fraction of sp³-hybridized carbons (Fsp3) is 0.250. The molecule has 0 aromatic heterocycles. The molecule has 2 aromatic carbocycles. The van der Waals surface area contributed by atoms with Crippen molar-refractivity contribution >= 4 is 17.2 Å². The molecule has 25 heavy (non-hydrogen) atoms. The molecule has 0 amide bonds. The molecule has 0 saturated carbocycles. The third-order valence-corrected chi connectivity index (χ3v) is 4.88. The smallest absolute Gasteiger partial charge is 0.310 e. The minimum Gasteiger partial charge on any atom is -0.469 e. The van der Waals surface area contributed by atoms with Crippen molar-refractivity contribution in [2.75, 3.05) is 25.1 Å². The lowest BCUT2D eigenvalue weighted by atomic mass is 9.95. The van der Waals surface area contributed by atoms with Gasteiger partial charge in [-0.1, -0.05) is 18.7 Å². The Hall–Kier alpha value is -2.82. The Morgan fingerprint density at radius 3 is 2.96 bits per heavy atom. The second kappa shape index (κ2) is 5.92. The van der Waals surface area contributed by atoms with Crippen LogP contribution in [0.25, 0.3) is 5.57 Å². The SMILES string of the molecule is C=C1c2ccc(N3CCC(C(=O)OC)C3)cc2Oc2c(F)cccc21. The van der Waals surface area contributed by atoms with Crippen LogP contribution in [0.4, 0.5) is 10.1 Å². The van der Waals surface area contributed by atoms with Crippen LogP contribution in [-0.4, -0.2) is 26.2 Å². The van der Waals surface area contributed by atoms with Gasteiger partial charge in [0.05, 0.1) is 13.0 Å². The number of hydrogen-bond donors (Lipinski definition) is 0. The Balaban J connectivity index is 1.64. The number of fused-ring (bicyclic) bond motifs is 2. The number of esters is 1. The zero-order valence-electron chi connectivity index (χ0n) is 13.9. The van der Waals surface area contributed by atoms with E-state index in [1.165, 1.54) is 13.2 Å². The van der Waals surface area contributed by atoms with Crippen LogP contribution in [-0.2, 0) is 9.53 Å². The van der Waals surface area contributed by atoms with Gasteiger partial charge in [-0.05, 0) is 30.2 Å². The zero-order chi connectivity index (χ0) is 17.6. The molecular formula is C20H18FNO3. The van der Waals surface area contributed by atoms with Gasteiger partial charge in [0.15, 0.2) is 11.6 Å². The first-order chi connectivity index (χ1) is 12.1. The summed E-state index contributed by atoms with van der Waals surface area (Å²) < 4.78 is 24.7. The minimum atomic E-state index is -0.401. The first kappa shape index (κ1) is 15.7. The molecule has 1 saturated heterocycles. The van der Waals surface area contributed by atoms with Crippen LogP contribution in [0.1, 0.15) is 17.5 Å². The summed E-state index contributed by atoms with van der Waals surface area (Å²) >= 11 is 0. The van der Waals surface area contributed by atoms with Crippen LogP contribution >= 0.6 is 0 Å². The maximum Gasteiger partial charge on any atom is 0.310 e. The van der Waals surface area contributed by atoms with Crippen molar-refractivity contribution < 1.29 is 18.7 Å². The van der Waals surface area contributed by atoms with Gasteiger partial charge in [-0.2, -0.15) is 0 Å². The molecule has 4 rings (SSSR count). The lowest BCUT2D eigenvalue weighted by molar-refractivity contribution is -0.144. The van der Waals surface area contributed by atoms with Crippen molar-refractivity contribution in [2.45, 2.75) is 6.42 Å². The second-order valence-corrected chi connectivity index (χ2v) is 6.33. The van der Waals surface area contributed by atoms with Crippen LogP contribution in [0.2, 0.25) is 0 Å². The Morgan fingerprint density at radius 1 is 1.32 bits per heavy atom. The first-order valence-corrected chi connectivity index (χ1v) is 8.21. The predicted octanol–water partition coefficient (Wildman–Crippen LogP) is 3.99. The van der Waals surface area contributed by atoms with Crippen LogP contribution in [0.15, 0.2) is 43.0 Å². The summed E-state index contributed by atoms with van der Waals surface area (Å²) in [6.45, 7) is 5.47. The fourth-order valence-corrected chi connectivity index (χ4v) is 3.50. The molecule has 128 valence electrons. The van der Waals surface area contributed by atoms with Gasteiger partial charge in [0.25, 0.3) is 0 Å². The first-order valence-electron chi connectivity index (χ1n) is 8.21. The van der Waals surface area contributed by atoms with Crippen LogP contribution < -0.4 is 9.64 Å². The van der Waals surface area contributed by atoms with Crippen molar-refractivity contribution in [3.05, 3.63) is 59.9 Å². The molecule has 2 aromatic rings. The van der Waals surface area contributed by atoms with Crippen molar-refractivity contribution in [3.8, 4) is 11.5 Å². The minimum absolute atomic E-state index is 0.116. The van der Waals surface area contributed by atoms with E-state index in [0.717, 1.165) is 29.8 Å². The quantitative estimate of drug-likeness (QED) is 0.662. The maximum atomic E-state index is 14.1. The molecule has 1 atom stereocenters. The standard InChI is InChI=1S/C20H18FNO3/c1-12-15-7-6-14(22-9-8-13(11-22)20(23)24-2)10-18(15)25-19-16(12)4-3-5-17(19)21/h3-7,10,13H,1,8-9,11H2,2H3. The number of halogens is 1. The van der Waals surface area contributed by atoms with Crippen molar-refractivity contribution in [1.82, 2.24) is 0 Å². The Morgan fingerprint density at radius 2 is 2.16 bits per heavy atom. The van der Waals surface area contributed by atoms with Gasteiger partial charge < -0.3 is 14.4 Å². The number of methoxy groups -OCH3 is 1. The summed E-state index contributed by atoms with van der Waals surface area (Å²) in [6.07, 6.45) is 0.759. The highest BCUT2D eigenvalue weighted by atomic mass is 19.1. The molecule has 1 unspecified atom stereocenters. The van der Waals surface area contributed by atoms with Gasteiger partial charge >= 0.3 is 5.97 Å². The molecule has 2 aliphatic heterocycles. The summed E-state index contributed by atoms with van der Waals surface area (Å²) in [7, 11) is 1.41. The Labute approximate surface area is 145 Å². The molecule has 0 bridgehead atoms. The van der Waals surface area contributed by atoms with E-state index in [-0.39, 0.29) is 17.6 Å². The van der Waals surface area contributed by atoms with Crippen LogP contribution in [0.3, 0.4) is 0 Å². The van der Waals surface area contributed by atoms with E-state index in [1.54, 1.807) is 12.1 Å². The van der Waals surface area contributed by atoms with Gasteiger partial charge in [-0.3, -0.25) is 4.79 Å². The third kappa shape index (κ3) is 2.56. The predicted molar refractivity (Wildman–Crippen MR) is 93.4 cm³/mol. The van der Waals surface area contributed by atoms with E-state index in [4.69, 9.17) is 9.47 Å². The Kier molecular flexibility index (Phi) is 3.71. The number of benzene rings is 2. The summed E-state index contributed by atoms with van der Waals surface area (Å²) in [5.41, 5.74) is 3.21. The largest absolute Gasteiger partial charge is 0.469 e. The number of rotatable bonds is 2. The summed E-state index contributed by atoms with van der Waals surface area (Å²) in [6, 6.07) is 10.6. The van der Waals surface area contributed by atoms with Gasteiger partial charge in [-0.25, -0.2) is 4.39 Å². The molecule has 0 spiro atoms.